The lowest BCUT2D eigenvalue weighted by Gasteiger charge is -2.19. The molecule has 3 atom stereocenters. The highest BCUT2D eigenvalue weighted by Crippen LogP contribution is 2.00. The summed E-state index contributed by atoms with van der Waals surface area (Å²) in [4.78, 5) is 21.0. The number of aliphatic hydroxyl groups excluding tert-OH is 3. The van der Waals surface area contributed by atoms with Crippen LogP contribution >= 0.6 is 0 Å². The third-order valence-electron chi connectivity index (χ3n) is 1.40. The minimum absolute atomic E-state index is 1.00. The van der Waals surface area contributed by atoms with E-state index in [-0.39, 0.29) is 0 Å². The quantitative estimate of drug-likeness (QED) is 0.184. The molecule has 0 aromatic rings. The molecule has 14 heavy (non-hydrogen) atoms. The summed E-state index contributed by atoms with van der Waals surface area (Å²) in [6, 6.07) is 0. The van der Waals surface area contributed by atoms with Gasteiger partial charge in [-0.15, -0.1) is 0 Å². The predicted octanol–water partition coefficient (Wildman–Crippen LogP) is -3.92. The Bertz CT molecular complexity index is 198. The minimum Gasteiger partial charge on any atom is -0.387 e. The van der Waals surface area contributed by atoms with Gasteiger partial charge in [-0.05, 0) is 0 Å². The second-order valence-electron chi connectivity index (χ2n) is 2.33. The van der Waals surface area contributed by atoms with Gasteiger partial charge in [-0.3, -0.25) is 20.0 Å². The van der Waals surface area contributed by atoms with Crippen molar-refractivity contribution in [2.24, 2.45) is 0 Å². The standard InChI is InChI=1S/C5H10N2O7/c8-1(2(9)4(11)6-13)3(10)5(12)7-14/h1-3,8-10,13-14H,(H,6,11)(H,7,12)/t1?,2-,3+. The molecule has 9 heteroatoms. The molecule has 0 bridgehead atoms. The van der Waals surface area contributed by atoms with Crippen LogP contribution < -0.4 is 11.0 Å². The van der Waals surface area contributed by atoms with Gasteiger partial charge in [-0.1, -0.05) is 0 Å². The molecule has 0 rings (SSSR count). The first-order chi connectivity index (χ1) is 6.45. The van der Waals surface area contributed by atoms with E-state index in [1.54, 1.807) is 0 Å². The maximum absolute atomic E-state index is 10.5. The summed E-state index contributed by atoms with van der Waals surface area (Å²) in [6.45, 7) is 0. The number of hydrogen-bond acceptors (Lipinski definition) is 7. The zero-order valence-corrected chi connectivity index (χ0v) is 6.78. The molecular weight excluding hydrogens is 200 g/mol. The second kappa shape index (κ2) is 5.47. The Labute approximate surface area is 77.5 Å². The third kappa shape index (κ3) is 2.90. The topological polar surface area (TPSA) is 159 Å². The van der Waals surface area contributed by atoms with E-state index < -0.39 is 30.1 Å². The fourth-order valence-corrected chi connectivity index (χ4v) is 0.615. The summed E-state index contributed by atoms with van der Waals surface area (Å²) in [5.74, 6) is -2.80. The second-order valence-corrected chi connectivity index (χ2v) is 2.33. The van der Waals surface area contributed by atoms with E-state index in [2.05, 4.69) is 0 Å². The van der Waals surface area contributed by atoms with Crippen molar-refractivity contribution in [1.29, 1.82) is 0 Å². The van der Waals surface area contributed by atoms with Gasteiger partial charge in [-0.2, -0.15) is 0 Å². The van der Waals surface area contributed by atoms with E-state index >= 15 is 0 Å². The lowest BCUT2D eigenvalue weighted by Crippen LogP contribution is -2.51. The normalized spacial score (nSPS) is 16.6. The molecule has 0 aromatic carbocycles. The predicted molar refractivity (Wildman–Crippen MR) is 37.9 cm³/mol. The van der Waals surface area contributed by atoms with Gasteiger partial charge < -0.3 is 15.3 Å². The molecule has 1 unspecified atom stereocenters. The molecule has 0 saturated carbocycles. The largest absolute Gasteiger partial charge is 0.387 e. The van der Waals surface area contributed by atoms with Crippen molar-refractivity contribution in [3.63, 3.8) is 0 Å². The van der Waals surface area contributed by atoms with Crippen LogP contribution in [-0.4, -0.2) is 55.9 Å². The van der Waals surface area contributed by atoms with Gasteiger partial charge in [0, 0.05) is 0 Å². The molecule has 0 spiro atoms. The van der Waals surface area contributed by atoms with Gasteiger partial charge in [0.05, 0.1) is 0 Å². The third-order valence-corrected chi connectivity index (χ3v) is 1.40. The Morgan fingerprint density at radius 2 is 1.14 bits per heavy atom. The van der Waals surface area contributed by atoms with Gasteiger partial charge >= 0.3 is 0 Å². The first-order valence-electron chi connectivity index (χ1n) is 3.37. The van der Waals surface area contributed by atoms with Crippen molar-refractivity contribution in [3.8, 4) is 0 Å². The van der Waals surface area contributed by atoms with Crippen LogP contribution in [0.15, 0.2) is 0 Å². The number of nitrogens with one attached hydrogen (secondary N) is 2. The Kier molecular flexibility index (Phi) is 4.97. The van der Waals surface area contributed by atoms with E-state index in [1.165, 1.54) is 0 Å². The number of hydroxylamine groups is 2. The summed E-state index contributed by atoms with van der Waals surface area (Å²) in [5.41, 5.74) is 2.01. The average molecular weight is 210 g/mol. The smallest absolute Gasteiger partial charge is 0.274 e. The van der Waals surface area contributed by atoms with Gasteiger partial charge in [0.15, 0.2) is 12.2 Å². The SMILES string of the molecule is O=C(NO)[C@@H](O)C(O)[C@@H](O)C(=O)NO. The zero-order valence-electron chi connectivity index (χ0n) is 6.78. The monoisotopic (exact) mass is 210 g/mol. The summed E-state index contributed by atoms with van der Waals surface area (Å²) < 4.78 is 0. The highest BCUT2D eigenvalue weighted by Gasteiger charge is 2.34. The van der Waals surface area contributed by atoms with Crippen molar-refractivity contribution in [2.75, 3.05) is 0 Å². The molecule has 0 radical (unpaired) electrons. The first-order valence-corrected chi connectivity index (χ1v) is 3.37. The van der Waals surface area contributed by atoms with Crippen LogP contribution in [-0.2, 0) is 9.59 Å². The Morgan fingerprint density at radius 1 is 0.857 bits per heavy atom. The van der Waals surface area contributed by atoms with Gasteiger partial charge in [0.2, 0.25) is 0 Å². The summed E-state index contributed by atoms with van der Waals surface area (Å²) in [7, 11) is 0. The van der Waals surface area contributed by atoms with Crippen molar-refractivity contribution >= 4 is 11.8 Å². The Balaban J connectivity index is 4.37. The number of rotatable bonds is 4. The molecule has 2 amide bonds. The van der Waals surface area contributed by atoms with Crippen LogP contribution in [0.4, 0.5) is 0 Å². The van der Waals surface area contributed by atoms with E-state index in [0.717, 1.165) is 11.0 Å². The molecule has 0 saturated heterocycles. The maximum atomic E-state index is 10.5. The molecule has 0 fully saturated rings. The molecule has 7 N–H and O–H groups in total. The zero-order chi connectivity index (χ0) is 11.3. The van der Waals surface area contributed by atoms with Crippen LogP contribution in [0.1, 0.15) is 0 Å². The van der Waals surface area contributed by atoms with Crippen LogP contribution in [0.5, 0.6) is 0 Å². The van der Waals surface area contributed by atoms with Gasteiger partial charge in [-0.25, -0.2) is 11.0 Å². The van der Waals surface area contributed by atoms with Crippen LogP contribution in [0.2, 0.25) is 0 Å². The van der Waals surface area contributed by atoms with Gasteiger partial charge in [0.1, 0.15) is 6.10 Å². The number of aliphatic hydroxyl groups is 3. The number of amides is 2. The Morgan fingerprint density at radius 3 is 1.36 bits per heavy atom. The highest BCUT2D eigenvalue weighted by molar-refractivity contribution is 5.84. The fourth-order valence-electron chi connectivity index (χ4n) is 0.615. The molecule has 0 aliphatic rings. The highest BCUT2D eigenvalue weighted by atomic mass is 16.5. The molecular formula is C5H10N2O7. The molecule has 0 aromatic heterocycles. The van der Waals surface area contributed by atoms with Crippen LogP contribution in [0.3, 0.4) is 0 Å². The molecule has 0 aliphatic carbocycles. The van der Waals surface area contributed by atoms with Crippen molar-refractivity contribution < 1.29 is 35.3 Å². The molecule has 9 nitrogen and oxygen atoms in total. The summed E-state index contributed by atoms with van der Waals surface area (Å²) in [5, 5.41) is 42.7. The van der Waals surface area contributed by atoms with Crippen molar-refractivity contribution in [1.82, 2.24) is 11.0 Å². The lowest BCUT2D eigenvalue weighted by molar-refractivity contribution is -0.158. The van der Waals surface area contributed by atoms with E-state index in [9.17, 15) is 9.59 Å². The fraction of sp³-hybridized carbons (Fsp3) is 0.600. The van der Waals surface area contributed by atoms with Crippen LogP contribution in [0.25, 0.3) is 0 Å². The summed E-state index contributed by atoms with van der Waals surface area (Å²) >= 11 is 0. The number of carbonyl (C=O) groups is 2. The summed E-state index contributed by atoms with van der Waals surface area (Å²) in [6.07, 6.45) is -6.58. The number of hydrogen-bond donors (Lipinski definition) is 7. The van der Waals surface area contributed by atoms with Crippen molar-refractivity contribution in [3.05, 3.63) is 0 Å². The minimum atomic E-state index is -2.20. The van der Waals surface area contributed by atoms with E-state index in [4.69, 9.17) is 25.7 Å². The van der Waals surface area contributed by atoms with Crippen molar-refractivity contribution in [2.45, 2.75) is 18.3 Å². The molecule has 0 aliphatic heterocycles. The average Bonchev–Trinajstić information content (AvgIpc) is 2.23. The first kappa shape index (κ1) is 12.7. The van der Waals surface area contributed by atoms with E-state index in [0.29, 0.717) is 0 Å². The molecule has 0 heterocycles. The Hall–Kier alpha value is -1.26. The van der Waals surface area contributed by atoms with Gasteiger partial charge in [0.25, 0.3) is 11.8 Å². The van der Waals surface area contributed by atoms with E-state index in [1.807, 2.05) is 0 Å². The molecule has 82 valence electrons. The number of carbonyl (C=O) groups excluding carboxylic acids is 2. The maximum Gasteiger partial charge on any atom is 0.274 e. The van der Waals surface area contributed by atoms with Crippen LogP contribution in [0, 0.1) is 0 Å². The lowest BCUT2D eigenvalue weighted by atomic mass is 10.1.